The van der Waals surface area contributed by atoms with E-state index in [1.807, 2.05) is 0 Å². The lowest BCUT2D eigenvalue weighted by Crippen LogP contribution is -2.26. The van der Waals surface area contributed by atoms with Gasteiger partial charge in [-0.1, -0.05) is 6.92 Å². The predicted octanol–water partition coefficient (Wildman–Crippen LogP) is 4.71. The lowest BCUT2D eigenvalue weighted by molar-refractivity contribution is -0.137. The van der Waals surface area contributed by atoms with Gasteiger partial charge in [-0.05, 0) is 30.7 Å². The van der Waals surface area contributed by atoms with E-state index in [1.165, 1.54) is 0 Å². The highest BCUT2D eigenvalue weighted by Crippen LogP contribution is 2.33. The van der Waals surface area contributed by atoms with Crippen LogP contribution in [-0.2, 0) is 12.6 Å². The molecule has 0 spiro atoms. The summed E-state index contributed by atoms with van der Waals surface area (Å²) in [7, 11) is 0. The Balaban J connectivity index is 2.05. The standard InChI is InChI=1S/C19H12F5NO2/c1-2-11-12(7-10-4-3-9(8-25-10)19(22,23)24)18(27)16-14(21)6-5-13(20)15(16)17(11)26/h3-6,8H,2,7H2,1H3. The molecule has 0 bridgehead atoms. The summed E-state index contributed by atoms with van der Waals surface area (Å²) in [5.74, 6) is -3.69. The molecule has 140 valence electrons. The molecule has 2 aromatic rings. The zero-order valence-electron chi connectivity index (χ0n) is 14.0. The van der Waals surface area contributed by atoms with Crippen molar-refractivity contribution in [2.75, 3.05) is 0 Å². The average molecular weight is 381 g/mol. The third kappa shape index (κ3) is 3.27. The molecule has 1 aliphatic rings. The summed E-state index contributed by atoms with van der Waals surface area (Å²) in [6, 6.07) is 3.41. The maximum absolute atomic E-state index is 14.1. The Bertz CT molecular complexity index is 975. The Kier molecular flexibility index (Phi) is 4.67. The van der Waals surface area contributed by atoms with Crippen LogP contribution in [0.2, 0.25) is 0 Å². The van der Waals surface area contributed by atoms with E-state index in [0.717, 1.165) is 24.3 Å². The topological polar surface area (TPSA) is 47.0 Å². The third-order valence-corrected chi connectivity index (χ3v) is 4.33. The molecule has 0 saturated carbocycles. The van der Waals surface area contributed by atoms with Gasteiger partial charge in [-0.15, -0.1) is 0 Å². The number of carbonyl (C=O) groups excluding carboxylic acids is 2. The molecule has 0 atom stereocenters. The van der Waals surface area contributed by atoms with Crippen molar-refractivity contribution < 1.29 is 31.5 Å². The number of hydrogen-bond donors (Lipinski definition) is 0. The van der Waals surface area contributed by atoms with Gasteiger partial charge in [0.2, 0.25) is 0 Å². The van der Waals surface area contributed by atoms with Crippen molar-refractivity contribution in [3.8, 4) is 0 Å². The van der Waals surface area contributed by atoms with Gasteiger partial charge in [0.05, 0.1) is 16.7 Å². The normalized spacial score (nSPS) is 14.6. The lowest BCUT2D eigenvalue weighted by Gasteiger charge is -2.21. The first-order valence-corrected chi connectivity index (χ1v) is 7.96. The van der Waals surface area contributed by atoms with Crippen LogP contribution < -0.4 is 0 Å². The molecule has 0 aliphatic heterocycles. The van der Waals surface area contributed by atoms with Crippen molar-refractivity contribution >= 4 is 11.6 Å². The van der Waals surface area contributed by atoms with Gasteiger partial charge in [-0.25, -0.2) is 8.78 Å². The predicted molar refractivity (Wildman–Crippen MR) is 85.3 cm³/mol. The molecule has 1 aliphatic carbocycles. The second-order valence-corrected chi connectivity index (χ2v) is 5.96. The number of carbonyl (C=O) groups is 2. The second-order valence-electron chi connectivity index (χ2n) is 5.96. The maximum atomic E-state index is 14.1. The van der Waals surface area contributed by atoms with Gasteiger partial charge in [0.25, 0.3) is 0 Å². The molecule has 0 N–H and O–H groups in total. The minimum atomic E-state index is -4.56. The summed E-state index contributed by atoms with van der Waals surface area (Å²) in [4.78, 5) is 29.0. The average Bonchev–Trinajstić information content (AvgIpc) is 2.61. The Morgan fingerprint density at radius 2 is 1.44 bits per heavy atom. The van der Waals surface area contributed by atoms with E-state index in [2.05, 4.69) is 4.98 Å². The number of Topliss-reactive ketones (excluding diaryl/α,β-unsaturated/α-hetero) is 2. The van der Waals surface area contributed by atoms with Gasteiger partial charge in [0.1, 0.15) is 11.6 Å². The van der Waals surface area contributed by atoms with E-state index in [0.29, 0.717) is 6.20 Å². The highest BCUT2D eigenvalue weighted by molar-refractivity contribution is 6.27. The molecule has 0 radical (unpaired) electrons. The number of fused-ring (bicyclic) bond motifs is 1. The van der Waals surface area contributed by atoms with Crippen LogP contribution in [0.3, 0.4) is 0 Å². The number of ketones is 2. The molecule has 0 fully saturated rings. The maximum Gasteiger partial charge on any atom is 0.417 e. The number of nitrogens with zero attached hydrogens (tertiary/aromatic N) is 1. The molecule has 0 amide bonds. The van der Waals surface area contributed by atoms with E-state index in [9.17, 15) is 31.5 Å². The largest absolute Gasteiger partial charge is 0.417 e. The molecular formula is C19H12F5NO2. The first kappa shape index (κ1) is 18.9. The third-order valence-electron chi connectivity index (χ3n) is 4.33. The SMILES string of the molecule is CCC1=C(Cc2ccc(C(F)(F)F)cn2)C(=O)c2c(F)ccc(F)c2C1=O. The fourth-order valence-electron chi connectivity index (χ4n) is 3.01. The van der Waals surface area contributed by atoms with E-state index in [1.54, 1.807) is 6.92 Å². The Morgan fingerprint density at radius 1 is 0.889 bits per heavy atom. The first-order valence-electron chi connectivity index (χ1n) is 7.96. The van der Waals surface area contributed by atoms with Crippen LogP contribution in [0.4, 0.5) is 22.0 Å². The van der Waals surface area contributed by atoms with E-state index in [-0.39, 0.29) is 29.7 Å². The number of pyridine rings is 1. The summed E-state index contributed by atoms with van der Waals surface area (Å²) >= 11 is 0. The molecule has 8 heteroatoms. The number of alkyl halides is 3. The van der Waals surface area contributed by atoms with Crippen molar-refractivity contribution in [1.29, 1.82) is 0 Å². The summed E-state index contributed by atoms with van der Waals surface area (Å²) in [6.07, 6.45) is -4.13. The molecular weight excluding hydrogens is 369 g/mol. The molecule has 0 unspecified atom stereocenters. The van der Waals surface area contributed by atoms with Gasteiger partial charge >= 0.3 is 6.18 Å². The molecule has 3 rings (SSSR count). The number of rotatable bonds is 3. The van der Waals surface area contributed by atoms with Crippen LogP contribution >= 0.6 is 0 Å². The van der Waals surface area contributed by atoms with Crippen molar-refractivity contribution in [1.82, 2.24) is 4.98 Å². The fourth-order valence-corrected chi connectivity index (χ4v) is 3.01. The quantitative estimate of drug-likeness (QED) is 0.724. The highest BCUT2D eigenvalue weighted by Gasteiger charge is 2.36. The highest BCUT2D eigenvalue weighted by atomic mass is 19.4. The van der Waals surface area contributed by atoms with Crippen LogP contribution in [0.5, 0.6) is 0 Å². The number of allylic oxidation sites excluding steroid dienone is 2. The van der Waals surface area contributed by atoms with E-state index < -0.39 is 46.1 Å². The first-order chi connectivity index (χ1) is 12.6. The zero-order chi connectivity index (χ0) is 19.9. The second kappa shape index (κ2) is 6.68. The zero-order valence-corrected chi connectivity index (χ0v) is 14.0. The molecule has 3 nitrogen and oxygen atoms in total. The molecule has 0 saturated heterocycles. The number of halogens is 5. The van der Waals surface area contributed by atoms with Crippen molar-refractivity contribution in [2.45, 2.75) is 25.9 Å². The fraction of sp³-hybridized carbons (Fsp3) is 0.211. The smallest absolute Gasteiger partial charge is 0.289 e. The van der Waals surface area contributed by atoms with Crippen LogP contribution in [0.15, 0.2) is 41.6 Å². The minimum Gasteiger partial charge on any atom is -0.289 e. The number of benzene rings is 1. The Labute approximate surface area is 150 Å². The lowest BCUT2D eigenvalue weighted by atomic mass is 9.80. The van der Waals surface area contributed by atoms with Crippen LogP contribution in [0, 0.1) is 11.6 Å². The molecule has 1 aromatic carbocycles. The summed E-state index contributed by atoms with van der Waals surface area (Å²) in [6.45, 7) is 1.57. The van der Waals surface area contributed by atoms with Crippen LogP contribution in [0.1, 0.15) is 45.3 Å². The molecule has 27 heavy (non-hydrogen) atoms. The summed E-state index contributed by atoms with van der Waals surface area (Å²) in [5, 5.41) is 0. The monoisotopic (exact) mass is 381 g/mol. The van der Waals surface area contributed by atoms with Crippen molar-refractivity contribution in [3.05, 3.63) is 75.6 Å². The number of aromatic nitrogens is 1. The van der Waals surface area contributed by atoms with Crippen LogP contribution in [-0.4, -0.2) is 16.6 Å². The van der Waals surface area contributed by atoms with Crippen LogP contribution in [0.25, 0.3) is 0 Å². The Morgan fingerprint density at radius 3 is 1.89 bits per heavy atom. The van der Waals surface area contributed by atoms with Gasteiger partial charge in [-0.3, -0.25) is 14.6 Å². The Hall–Kier alpha value is -2.90. The molecule has 1 aromatic heterocycles. The van der Waals surface area contributed by atoms with Crippen molar-refractivity contribution in [2.24, 2.45) is 0 Å². The summed E-state index contributed by atoms with van der Waals surface area (Å²) in [5.41, 5.74) is -2.21. The van der Waals surface area contributed by atoms with Gasteiger partial charge in [-0.2, -0.15) is 13.2 Å². The van der Waals surface area contributed by atoms with E-state index in [4.69, 9.17) is 0 Å². The van der Waals surface area contributed by atoms with Gasteiger partial charge in [0.15, 0.2) is 11.6 Å². The van der Waals surface area contributed by atoms with E-state index >= 15 is 0 Å². The molecule has 1 heterocycles. The van der Waals surface area contributed by atoms with Gasteiger partial charge < -0.3 is 0 Å². The van der Waals surface area contributed by atoms with Crippen molar-refractivity contribution in [3.63, 3.8) is 0 Å². The number of hydrogen-bond acceptors (Lipinski definition) is 3. The van der Waals surface area contributed by atoms with Gasteiger partial charge in [0, 0.05) is 29.5 Å². The minimum absolute atomic E-state index is 0.00121. The summed E-state index contributed by atoms with van der Waals surface area (Å²) < 4.78 is 66.0.